The molecule has 2 unspecified atom stereocenters. The van der Waals surface area contributed by atoms with E-state index in [1.165, 1.54) is 0 Å². The highest BCUT2D eigenvalue weighted by atomic mass is 16.4. The minimum Gasteiger partial charge on any atom is -0.480 e. The summed E-state index contributed by atoms with van der Waals surface area (Å²) in [5.41, 5.74) is 1.70. The maximum absolute atomic E-state index is 10.9. The van der Waals surface area contributed by atoms with Crippen molar-refractivity contribution in [3.8, 4) is 0 Å². The number of carboxylic acids is 1. The Kier molecular flexibility index (Phi) is 3.54. The van der Waals surface area contributed by atoms with Crippen LogP contribution in [0, 0.1) is 0 Å². The largest absolute Gasteiger partial charge is 0.480 e. The van der Waals surface area contributed by atoms with Crippen molar-refractivity contribution in [3.05, 3.63) is 35.4 Å². The molecule has 2 atom stereocenters. The fourth-order valence-electron chi connectivity index (χ4n) is 2.29. The first-order valence-electron chi connectivity index (χ1n) is 5.72. The molecule has 0 aliphatic carbocycles. The minimum atomic E-state index is -0.804. The summed E-state index contributed by atoms with van der Waals surface area (Å²) in [5, 5.41) is 12.0. The number of carbonyl (C=O) groups excluding carboxylic acids is 1. The topological polar surface area (TPSA) is 66.4 Å². The lowest BCUT2D eigenvalue weighted by atomic mass is 9.86. The molecule has 1 aliphatic rings. The van der Waals surface area contributed by atoms with Crippen LogP contribution in [0.3, 0.4) is 0 Å². The molecule has 4 nitrogen and oxygen atoms in total. The molecule has 1 saturated heterocycles. The van der Waals surface area contributed by atoms with Gasteiger partial charge in [-0.3, -0.25) is 9.59 Å². The van der Waals surface area contributed by atoms with Crippen molar-refractivity contribution in [1.29, 1.82) is 0 Å². The van der Waals surface area contributed by atoms with Crippen molar-refractivity contribution in [3.63, 3.8) is 0 Å². The third-order valence-corrected chi connectivity index (χ3v) is 3.22. The normalized spacial score (nSPS) is 24.2. The van der Waals surface area contributed by atoms with E-state index in [1.807, 2.05) is 18.2 Å². The number of piperidine rings is 1. The molecule has 1 aromatic carbocycles. The Bertz CT molecular complexity index is 430. The van der Waals surface area contributed by atoms with Gasteiger partial charge in [-0.25, -0.2) is 0 Å². The third kappa shape index (κ3) is 2.71. The molecule has 2 N–H and O–H groups in total. The zero-order valence-corrected chi connectivity index (χ0v) is 9.43. The minimum absolute atomic E-state index is 0.220. The van der Waals surface area contributed by atoms with Crippen LogP contribution in [0.1, 0.15) is 34.7 Å². The second-order valence-corrected chi connectivity index (χ2v) is 4.35. The van der Waals surface area contributed by atoms with Crippen LogP contribution in [0.2, 0.25) is 0 Å². The number of benzene rings is 1. The number of hydrogen-bond acceptors (Lipinski definition) is 3. The van der Waals surface area contributed by atoms with E-state index in [-0.39, 0.29) is 5.92 Å². The van der Waals surface area contributed by atoms with Crippen molar-refractivity contribution >= 4 is 12.3 Å². The quantitative estimate of drug-likeness (QED) is 0.775. The molecule has 17 heavy (non-hydrogen) atoms. The van der Waals surface area contributed by atoms with Gasteiger partial charge >= 0.3 is 5.97 Å². The molecular weight excluding hydrogens is 218 g/mol. The average molecular weight is 233 g/mol. The summed E-state index contributed by atoms with van der Waals surface area (Å²) in [4.78, 5) is 21.6. The highest BCUT2D eigenvalue weighted by Gasteiger charge is 2.27. The highest BCUT2D eigenvalue weighted by molar-refractivity contribution is 5.75. The van der Waals surface area contributed by atoms with Crippen LogP contribution in [0.25, 0.3) is 0 Å². The fraction of sp³-hybridized carbons (Fsp3) is 0.385. The van der Waals surface area contributed by atoms with Gasteiger partial charge < -0.3 is 10.4 Å². The van der Waals surface area contributed by atoms with E-state index >= 15 is 0 Å². The summed E-state index contributed by atoms with van der Waals surface area (Å²) < 4.78 is 0. The molecule has 0 amide bonds. The van der Waals surface area contributed by atoms with E-state index in [1.54, 1.807) is 6.07 Å². The van der Waals surface area contributed by atoms with Gasteiger partial charge in [0.1, 0.15) is 12.3 Å². The van der Waals surface area contributed by atoms with E-state index in [2.05, 4.69) is 5.32 Å². The van der Waals surface area contributed by atoms with Gasteiger partial charge in [0.25, 0.3) is 0 Å². The highest BCUT2D eigenvalue weighted by Crippen LogP contribution is 2.28. The van der Waals surface area contributed by atoms with Crippen LogP contribution >= 0.6 is 0 Å². The lowest BCUT2D eigenvalue weighted by Gasteiger charge is -2.28. The Morgan fingerprint density at radius 3 is 3.00 bits per heavy atom. The van der Waals surface area contributed by atoms with Gasteiger partial charge in [0.2, 0.25) is 0 Å². The van der Waals surface area contributed by atoms with Crippen LogP contribution in [0.5, 0.6) is 0 Å². The summed E-state index contributed by atoms with van der Waals surface area (Å²) in [6, 6.07) is 6.93. The Balaban J connectivity index is 2.15. The number of carboxylic acid groups (broad SMARTS) is 1. The molecule has 0 spiro atoms. The van der Waals surface area contributed by atoms with E-state index in [0.29, 0.717) is 18.5 Å². The summed E-state index contributed by atoms with van der Waals surface area (Å²) in [7, 11) is 0. The molecule has 4 heteroatoms. The molecule has 90 valence electrons. The van der Waals surface area contributed by atoms with Gasteiger partial charge in [-0.15, -0.1) is 0 Å². The van der Waals surface area contributed by atoms with Crippen molar-refractivity contribution in [2.45, 2.75) is 24.8 Å². The van der Waals surface area contributed by atoms with Crippen molar-refractivity contribution < 1.29 is 14.7 Å². The first-order valence-corrected chi connectivity index (χ1v) is 5.72. The van der Waals surface area contributed by atoms with Gasteiger partial charge in [0.15, 0.2) is 0 Å². The predicted octanol–water partition coefficient (Wildman–Crippen LogP) is 1.42. The SMILES string of the molecule is O=Cc1cccc(C2CCNC(C(=O)O)C2)c1. The van der Waals surface area contributed by atoms with Crippen LogP contribution in [-0.2, 0) is 4.79 Å². The van der Waals surface area contributed by atoms with Gasteiger partial charge in [-0.2, -0.15) is 0 Å². The van der Waals surface area contributed by atoms with Crippen LogP contribution in [0.15, 0.2) is 24.3 Å². The zero-order chi connectivity index (χ0) is 12.3. The number of aldehydes is 1. The molecule has 0 saturated carbocycles. The number of nitrogens with one attached hydrogen (secondary N) is 1. The molecule has 1 heterocycles. The van der Waals surface area contributed by atoms with Crippen LogP contribution < -0.4 is 5.32 Å². The summed E-state index contributed by atoms with van der Waals surface area (Å²) in [6.07, 6.45) is 2.31. The second kappa shape index (κ2) is 5.10. The number of aliphatic carboxylic acids is 1. The fourth-order valence-corrected chi connectivity index (χ4v) is 2.29. The second-order valence-electron chi connectivity index (χ2n) is 4.35. The summed E-state index contributed by atoms with van der Waals surface area (Å²) in [5.74, 6) is -0.585. The Labute approximate surface area is 99.6 Å². The standard InChI is InChI=1S/C13H15NO3/c15-8-9-2-1-3-10(6-9)11-4-5-14-12(7-11)13(16)17/h1-3,6,8,11-12,14H,4-5,7H2,(H,16,17). The smallest absolute Gasteiger partial charge is 0.320 e. The third-order valence-electron chi connectivity index (χ3n) is 3.22. The van der Waals surface area contributed by atoms with Gasteiger partial charge in [-0.1, -0.05) is 18.2 Å². The molecular formula is C13H15NO3. The molecule has 1 fully saturated rings. The van der Waals surface area contributed by atoms with Gasteiger partial charge in [0.05, 0.1) is 0 Å². The van der Waals surface area contributed by atoms with Crippen LogP contribution in [-0.4, -0.2) is 29.9 Å². The van der Waals surface area contributed by atoms with E-state index in [4.69, 9.17) is 5.11 Å². The number of rotatable bonds is 3. The zero-order valence-electron chi connectivity index (χ0n) is 9.43. The monoisotopic (exact) mass is 233 g/mol. The van der Waals surface area contributed by atoms with Crippen LogP contribution in [0.4, 0.5) is 0 Å². The number of carbonyl (C=O) groups is 2. The Hall–Kier alpha value is -1.68. The average Bonchev–Trinajstić information content (AvgIpc) is 2.39. The maximum atomic E-state index is 10.9. The molecule has 2 rings (SSSR count). The van der Waals surface area contributed by atoms with E-state index < -0.39 is 12.0 Å². The van der Waals surface area contributed by atoms with Gasteiger partial charge in [0, 0.05) is 5.56 Å². The van der Waals surface area contributed by atoms with Crippen molar-refractivity contribution in [2.75, 3.05) is 6.54 Å². The molecule has 0 aromatic heterocycles. The molecule has 1 aromatic rings. The lowest BCUT2D eigenvalue weighted by molar-refractivity contribution is -0.140. The van der Waals surface area contributed by atoms with Crippen molar-refractivity contribution in [2.24, 2.45) is 0 Å². The lowest BCUT2D eigenvalue weighted by Crippen LogP contribution is -2.42. The maximum Gasteiger partial charge on any atom is 0.320 e. The predicted molar refractivity (Wildman–Crippen MR) is 63.2 cm³/mol. The summed E-state index contributed by atoms with van der Waals surface area (Å²) >= 11 is 0. The first kappa shape index (κ1) is 11.8. The molecule has 1 aliphatic heterocycles. The molecule has 0 radical (unpaired) electrons. The Morgan fingerprint density at radius 1 is 1.47 bits per heavy atom. The first-order chi connectivity index (χ1) is 8.20. The Morgan fingerprint density at radius 2 is 2.29 bits per heavy atom. The summed E-state index contributed by atoms with van der Waals surface area (Å²) in [6.45, 7) is 0.701. The molecule has 0 bridgehead atoms. The van der Waals surface area contributed by atoms with Crippen molar-refractivity contribution in [1.82, 2.24) is 5.32 Å². The number of hydrogen-bond donors (Lipinski definition) is 2. The van der Waals surface area contributed by atoms with E-state index in [0.717, 1.165) is 18.3 Å². The van der Waals surface area contributed by atoms with Gasteiger partial charge in [-0.05, 0) is 36.9 Å². The van der Waals surface area contributed by atoms with E-state index in [9.17, 15) is 9.59 Å².